The molecule has 21 heavy (non-hydrogen) atoms. The Morgan fingerprint density at radius 3 is 2.52 bits per heavy atom. The smallest absolute Gasteiger partial charge is 0.240 e. The second-order valence-corrected chi connectivity index (χ2v) is 8.23. The fraction of sp³-hybridized carbons (Fsp3) is 0.625. The monoisotopic (exact) mass is 310 g/mol. The van der Waals surface area contributed by atoms with Gasteiger partial charge < -0.3 is 5.32 Å². The maximum Gasteiger partial charge on any atom is 0.240 e. The van der Waals surface area contributed by atoms with Crippen molar-refractivity contribution in [3.8, 4) is 0 Å². The molecule has 0 aromatic heterocycles. The number of aryl methyl sites for hydroxylation is 1. The first-order chi connectivity index (χ1) is 9.78. The molecule has 1 aromatic carbocycles. The molecule has 2 N–H and O–H groups in total. The molecule has 0 atom stereocenters. The van der Waals surface area contributed by atoms with E-state index < -0.39 is 10.0 Å². The van der Waals surface area contributed by atoms with E-state index >= 15 is 0 Å². The van der Waals surface area contributed by atoms with Gasteiger partial charge >= 0.3 is 0 Å². The largest absolute Gasteiger partial charge is 0.310 e. The van der Waals surface area contributed by atoms with Crippen LogP contribution in [0.4, 0.5) is 0 Å². The van der Waals surface area contributed by atoms with Gasteiger partial charge in [-0.25, -0.2) is 13.1 Å². The van der Waals surface area contributed by atoms with Crippen LogP contribution >= 0.6 is 0 Å². The highest BCUT2D eigenvalue weighted by Crippen LogP contribution is 2.28. The molecule has 2 rings (SSSR count). The quantitative estimate of drug-likeness (QED) is 0.849. The van der Waals surface area contributed by atoms with E-state index in [1.165, 1.54) is 0 Å². The Balaban J connectivity index is 2.13. The third-order valence-corrected chi connectivity index (χ3v) is 5.55. The van der Waals surface area contributed by atoms with E-state index in [1.54, 1.807) is 12.1 Å². The molecule has 0 radical (unpaired) electrons. The second-order valence-electron chi connectivity index (χ2n) is 6.52. The zero-order valence-corrected chi connectivity index (χ0v) is 14.1. The molecular weight excluding hydrogens is 284 g/mol. The average molecular weight is 310 g/mol. The van der Waals surface area contributed by atoms with E-state index in [9.17, 15) is 8.42 Å². The summed E-state index contributed by atoms with van der Waals surface area (Å²) >= 11 is 0. The van der Waals surface area contributed by atoms with E-state index in [1.807, 2.05) is 13.0 Å². The molecule has 0 aliphatic heterocycles. The third kappa shape index (κ3) is 4.28. The fourth-order valence-corrected chi connectivity index (χ4v) is 3.92. The van der Waals surface area contributed by atoms with Crippen molar-refractivity contribution in [2.45, 2.75) is 64.1 Å². The Labute approximate surface area is 128 Å². The lowest BCUT2D eigenvalue weighted by atomic mass is 9.83. The highest BCUT2D eigenvalue weighted by molar-refractivity contribution is 7.89. The minimum absolute atomic E-state index is 0.101. The summed E-state index contributed by atoms with van der Waals surface area (Å²) in [5.74, 6) is 0.626. The summed E-state index contributed by atoms with van der Waals surface area (Å²) < 4.78 is 27.6. The molecule has 0 unspecified atom stereocenters. The van der Waals surface area contributed by atoms with Crippen LogP contribution in [0.2, 0.25) is 0 Å². The summed E-state index contributed by atoms with van der Waals surface area (Å²) in [5.41, 5.74) is 2.15. The Hall–Kier alpha value is -0.910. The van der Waals surface area contributed by atoms with E-state index in [-0.39, 0.29) is 6.04 Å². The summed E-state index contributed by atoms with van der Waals surface area (Å²) in [6.07, 6.45) is 1.87. The van der Waals surface area contributed by atoms with Crippen LogP contribution < -0.4 is 10.0 Å². The summed E-state index contributed by atoms with van der Waals surface area (Å²) in [7, 11) is -3.40. The van der Waals surface area contributed by atoms with Crippen molar-refractivity contribution < 1.29 is 8.42 Å². The number of nitrogens with one attached hydrogen (secondary N) is 2. The summed E-state index contributed by atoms with van der Waals surface area (Å²) in [4.78, 5) is 0.369. The molecule has 118 valence electrons. The maximum atomic E-state index is 12.4. The minimum atomic E-state index is -3.40. The summed E-state index contributed by atoms with van der Waals surface area (Å²) in [5, 5.41) is 3.33. The molecule has 1 aliphatic rings. The van der Waals surface area contributed by atoms with Crippen molar-refractivity contribution in [3.05, 3.63) is 29.3 Å². The highest BCUT2D eigenvalue weighted by Gasteiger charge is 2.29. The van der Waals surface area contributed by atoms with E-state index in [0.29, 0.717) is 23.4 Å². The summed E-state index contributed by atoms with van der Waals surface area (Å²) in [6, 6.07) is 5.84. The van der Waals surface area contributed by atoms with Gasteiger partial charge in [0.1, 0.15) is 0 Å². The Morgan fingerprint density at radius 2 is 1.95 bits per heavy atom. The third-order valence-electron chi connectivity index (χ3n) is 4.03. The molecule has 0 bridgehead atoms. The number of hydrogen-bond donors (Lipinski definition) is 2. The molecular formula is C16H26N2O2S. The van der Waals surface area contributed by atoms with Crippen molar-refractivity contribution in [1.29, 1.82) is 0 Å². The normalized spacial score (nSPS) is 22.3. The molecule has 0 amide bonds. The first-order valence-corrected chi connectivity index (χ1v) is 9.11. The van der Waals surface area contributed by atoms with E-state index in [2.05, 4.69) is 30.8 Å². The SMILES string of the molecule is Cc1ccc(S(=O)(=O)NC2CC(C)C2)cc1CNC(C)C. The number of rotatable bonds is 6. The molecule has 5 heteroatoms. The predicted molar refractivity (Wildman–Crippen MR) is 85.7 cm³/mol. The lowest BCUT2D eigenvalue weighted by Gasteiger charge is -2.32. The van der Waals surface area contributed by atoms with Crippen LogP contribution in [0, 0.1) is 12.8 Å². The van der Waals surface area contributed by atoms with Gasteiger partial charge in [0.2, 0.25) is 10.0 Å². The van der Waals surface area contributed by atoms with E-state index in [0.717, 1.165) is 24.0 Å². The Morgan fingerprint density at radius 1 is 1.29 bits per heavy atom. The van der Waals surface area contributed by atoms with Gasteiger partial charge in [-0.05, 0) is 48.9 Å². The van der Waals surface area contributed by atoms with Crippen molar-refractivity contribution in [3.63, 3.8) is 0 Å². The van der Waals surface area contributed by atoms with Crippen LogP contribution in [0.5, 0.6) is 0 Å². The molecule has 1 aromatic rings. The van der Waals surface area contributed by atoms with Crippen LogP contribution in [0.25, 0.3) is 0 Å². The van der Waals surface area contributed by atoms with Gasteiger partial charge in [-0.15, -0.1) is 0 Å². The second kappa shape index (κ2) is 6.46. The first-order valence-electron chi connectivity index (χ1n) is 7.63. The molecule has 0 heterocycles. The van der Waals surface area contributed by atoms with Crippen molar-refractivity contribution >= 4 is 10.0 Å². The fourth-order valence-electron chi connectivity index (χ4n) is 2.61. The maximum absolute atomic E-state index is 12.4. The van der Waals surface area contributed by atoms with Crippen LogP contribution in [-0.4, -0.2) is 20.5 Å². The standard InChI is InChI=1S/C16H26N2O2S/c1-11(2)17-10-14-9-16(6-5-13(14)4)21(19,20)18-15-7-12(3)8-15/h5-6,9,11-12,15,17-18H,7-8,10H2,1-4H3. The van der Waals surface area contributed by atoms with Gasteiger partial charge in [0, 0.05) is 18.6 Å². The zero-order valence-electron chi connectivity index (χ0n) is 13.3. The minimum Gasteiger partial charge on any atom is -0.310 e. The van der Waals surface area contributed by atoms with Gasteiger partial charge in [-0.2, -0.15) is 0 Å². The van der Waals surface area contributed by atoms with Gasteiger partial charge in [0.25, 0.3) is 0 Å². The zero-order chi connectivity index (χ0) is 15.6. The van der Waals surface area contributed by atoms with Crippen molar-refractivity contribution in [1.82, 2.24) is 10.0 Å². The molecule has 0 spiro atoms. The lowest BCUT2D eigenvalue weighted by Crippen LogP contribution is -2.43. The number of hydrogen-bond acceptors (Lipinski definition) is 3. The van der Waals surface area contributed by atoms with Crippen molar-refractivity contribution in [2.75, 3.05) is 0 Å². The van der Waals surface area contributed by atoms with E-state index in [4.69, 9.17) is 0 Å². The number of benzene rings is 1. The van der Waals surface area contributed by atoms with Crippen molar-refractivity contribution in [2.24, 2.45) is 5.92 Å². The topological polar surface area (TPSA) is 58.2 Å². The molecule has 1 saturated carbocycles. The van der Waals surface area contributed by atoms with Crippen LogP contribution in [0.15, 0.2) is 23.1 Å². The average Bonchev–Trinajstić information content (AvgIpc) is 2.35. The molecule has 4 nitrogen and oxygen atoms in total. The van der Waals surface area contributed by atoms with Gasteiger partial charge in [-0.1, -0.05) is 26.8 Å². The Bertz CT molecular complexity index is 590. The lowest BCUT2D eigenvalue weighted by molar-refractivity contribution is 0.270. The van der Waals surface area contributed by atoms with Crippen LogP contribution in [0.3, 0.4) is 0 Å². The van der Waals surface area contributed by atoms with Gasteiger partial charge in [-0.3, -0.25) is 0 Å². The van der Waals surface area contributed by atoms with Gasteiger partial charge in [0.15, 0.2) is 0 Å². The molecule has 0 saturated heterocycles. The molecule has 1 aliphatic carbocycles. The van der Waals surface area contributed by atoms with Crippen LogP contribution in [-0.2, 0) is 16.6 Å². The number of sulfonamides is 1. The molecule has 1 fully saturated rings. The Kier molecular flexibility index (Phi) is 5.07. The van der Waals surface area contributed by atoms with Gasteiger partial charge in [0.05, 0.1) is 4.90 Å². The summed E-state index contributed by atoms with van der Waals surface area (Å²) in [6.45, 7) is 9.00. The first kappa shape index (κ1) is 16.5. The highest BCUT2D eigenvalue weighted by atomic mass is 32.2. The predicted octanol–water partition coefficient (Wildman–Crippen LogP) is 2.57. The van der Waals surface area contributed by atoms with Crippen LogP contribution in [0.1, 0.15) is 44.7 Å².